The van der Waals surface area contributed by atoms with Gasteiger partial charge in [-0.3, -0.25) is 14.3 Å². The second-order valence-electron chi connectivity index (χ2n) is 12.6. The molecule has 0 unspecified atom stereocenters. The number of piperidine rings is 1. The number of aromatic carboxylic acids is 1. The Morgan fingerprint density at radius 3 is 2.46 bits per heavy atom. The summed E-state index contributed by atoms with van der Waals surface area (Å²) < 4.78 is 10.5. The van der Waals surface area contributed by atoms with Gasteiger partial charge in [0.1, 0.15) is 11.4 Å². The normalized spacial score (nSPS) is 17.0. The molecular formula is C36H31N4NaO5. The molecular weight excluding hydrogens is 591 g/mol. The number of hydrogen-bond donors (Lipinski definition) is 0. The fraction of sp³-hybridized carbons (Fsp3) is 0.278. The van der Waals surface area contributed by atoms with Crippen molar-refractivity contribution in [3.63, 3.8) is 0 Å². The van der Waals surface area contributed by atoms with Crippen molar-refractivity contribution in [2.45, 2.75) is 43.7 Å². The Hall–Kier alpha value is -4.18. The molecule has 2 aliphatic heterocycles. The minimum Gasteiger partial charge on any atom is -0.545 e. The zero-order chi connectivity index (χ0) is 30.9. The van der Waals surface area contributed by atoms with E-state index in [9.17, 15) is 19.5 Å². The van der Waals surface area contributed by atoms with Gasteiger partial charge in [-0.05, 0) is 71.5 Å². The van der Waals surface area contributed by atoms with E-state index >= 15 is 0 Å². The maximum atomic E-state index is 14.0. The van der Waals surface area contributed by atoms with Crippen molar-refractivity contribution >= 4 is 28.6 Å². The number of carboxylic acids is 1. The molecule has 0 bridgehead atoms. The van der Waals surface area contributed by atoms with Crippen molar-refractivity contribution in [3.05, 3.63) is 95.9 Å². The Balaban J connectivity index is 0.00000338. The summed E-state index contributed by atoms with van der Waals surface area (Å²) in [5.41, 5.74) is 4.97. The number of carbonyl (C=O) groups excluding carboxylic acids is 3. The van der Waals surface area contributed by atoms with Gasteiger partial charge in [-0.1, -0.05) is 24.3 Å². The first-order valence-electron chi connectivity index (χ1n) is 15.4. The fourth-order valence-corrected chi connectivity index (χ4v) is 6.93. The number of aryl methyl sites for hydroxylation is 1. The molecule has 1 saturated carbocycles. The van der Waals surface area contributed by atoms with Crippen LogP contribution in [0, 0.1) is 0 Å². The van der Waals surface area contributed by atoms with Gasteiger partial charge in [0.2, 0.25) is 0 Å². The van der Waals surface area contributed by atoms with E-state index in [0.717, 1.165) is 46.0 Å². The number of amides is 1. The van der Waals surface area contributed by atoms with Crippen LogP contribution in [0.15, 0.2) is 79.3 Å². The maximum Gasteiger partial charge on any atom is 1.00 e. The predicted octanol–water partition coefficient (Wildman–Crippen LogP) is 2.05. The molecule has 1 aliphatic carbocycles. The number of aromatic nitrogens is 3. The predicted molar refractivity (Wildman–Crippen MR) is 166 cm³/mol. The van der Waals surface area contributed by atoms with Crippen LogP contribution in [0.3, 0.4) is 0 Å². The zero-order valence-electron chi connectivity index (χ0n) is 25.9. The molecule has 226 valence electrons. The standard InChI is InChI=1S/C36H32N4O5.Na/c1-38-21-26(20-37-38)22-5-8-33-30(16-22)32(41)19-36(45-33)10-13-39(14-11-36)34(42)25-17-29(23-3-2-4-24(15-23)35(43)44)28-9-12-40(27-6-7-27)31(28)18-25;/h2-5,8-9,12,15-18,20-21,27H,6-7,10-11,13-14,19H2,1H3,(H,43,44);/q;+1/p-1. The van der Waals surface area contributed by atoms with Gasteiger partial charge in [0.25, 0.3) is 5.91 Å². The quantitative estimate of drug-likeness (QED) is 0.278. The molecule has 1 saturated heterocycles. The number of rotatable bonds is 5. The minimum atomic E-state index is -1.24. The van der Waals surface area contributed by atoms with Crippen molar-refractivity contribution < 1.29 is 53.8 Å². The van der Waals surface area contributed by atoms with E-state index in [1.165, 1.54) is 6.07 Å². The monoisotopic (exact) mass is 622 g/mol. The number of hydrogen-bond acceptors (Lipinski definition) is 6. The van der Waals surface area contributed by atoms with E-state index in [1.807, 2.05) is 60.6 Å². The molecule has 2 aromatic heterocycles. The van der Waals surface area contributed by atoms with Crippen molar-refractivity contribution in [1.82, 2.24) is 19.2 Å². The summed E-state index contributed by atoms with van der Waals surface area (Å²) in [5, 5.41) is 16.8. The van der Waals surface area contributed by atoms with E-state index in [-0.39, 0.29) is 53.2 Å². The van der Waals surface area contributed by atoms with Gasteiger partial charge in [0.05, 0.1) is 24.2 Å². The number of carbonyl (C=O) groups is 3. The van der Waals surface area contributed by atoms with E-state index in [1.54, 1.807) is 23.0 Å². The SMILES string of the molecule is Cn1cc(-c2ccc3c(c2)C(=O)CC2(CCN(C(=O)c4cc(-c5cccc(C(=O)[O-])c5)c5ccn(C6CC6)c5c4)CC2)O3)cn1.[Na+]. The van der Waals surface area contributed by atoms with Crippen LogP contribution in [0.2, 0.25) is 0 Å². The van der Waals surface area contributed by atoms with Crippen molar-refractivity contribution in [1.29, 1.82) is 0 Å². The fourth-order valence-electron chi connectivity index (χ4n) is 6.93. The number of ether oxygens (including phenoxy) is 1. The van der Waals surface area contributed by atoms with Crippen LogP contribution >= 0.6 is 0 Å². The number of nitrogens with zero attached hydrogens (tertiary/aromatic N) is 4. The van der Waals surface area contributed by atoms with Gasteiger partial charge < -0.3 is 24.1 Å². The third kappa shape index (κ3) is 5.36. The molecule has 4 heterocycles. The van der Waals surface area contributed by atoms with Gasteiger partial charge in [-0.15, -0.1) is 0 Å². The van der Waals surface area contributed by atoms with Crippen LogP contribution in [0.4, 0.5) is 0 Å². The van der Waals surface area contributed by atoms with E-state index in [0.29, 0.717) is 48.8 Å². The molecule has 3 aromatic carbocycles. The average Bonchev–Trinajstić information content (AvgIpc) is 3.65. The zero-order valence-corrected chi connectivity index (χ0v) is 27.9. The molecule has 0 radical (unpaired) electrons. The number of benzene rings is 3. The van der Waals surface area contributed by atoms with Crippen LogP contribution in [-0.4, -0.2) is 55.6 Å². The molecule has 10 heteroatoms. The number of likely N-dealkylation sites (tertiary alicyclic amines) is 1. The maximum absolute atomic E-state index is 14.0. The third-order valence-electron chi connectivity index (χ3n) is 9.52. The minimum absolute atomic E-state index is 0. The Bertz CT molecular complexity index is 2030. The molecule has 3 aliphatic rings. The molecule has 8 rings (SSSR count). The van der Waals surface area contributed by atoms with Crippen LogP contribution in [0.25, 0.3) is 33.2 Å². The Morgan fingerprint density at radius 2 is 1.74 bits per heavy atom. The summed E-state index contributed by atoms with van der Waals surface area (Å²) in [6, 6.07) is 18.7. The van der Waals surface area contributed by atoms with Crippen LogP contribution < -0.4 is 39.4 Å². The van der Waals surface area contributed by atoms with Crippen molar-refractivity contribution in [2.75, 3.05) is 13.1 Å². The van der Waals surface area contributed by atoms with Crippen LogP contribution in [0.5, 0.6) is 5.75 Å². The molecule has 0 atom stereocenters. The van der Waals surface area contributed by atoms with Crippen molar-refractivity contribution in [2.24, 2.45) is 7.05 Å². The molecule has 46 heavy (non-hydrogen) atoms. The van der Waals surface area contributed by atoms with Gasteiger partial charge >= 0.3 is 29.6 Å². The van der Waals surface area contributed by atoms with Crippen LogP contribution in [-0.2, 0) is 7.05 Å². The second kappa shape index (κ2) is 11.6. The topological polar surface area (TPSA) is 109 Å². The summed E-state index contributed by atoms with van der Waals surface area (Å²) in [7, 11) is 1.86. The second-order valence-corrected chi connectivity index (χ2v) is 12.6. The van der Waals surface area contributed by atoms with Crippen LogP contribution in [0.1, 0.15) is 69.2 Å². The van der Waals surface area contributed by atoms with E-state index < -0.39 is 11.6 Å². The molecule has 1 amide bonds. The Morgan fingerprint density at radius 1 is 0.935 bits per heavy atom. The molecule has 1 spiro atoms. The smallest absolute Gasteiger partial charge is 0.545 e. The number of fused-ring (bicyclic) bond motifs is 2. The average molecular weight is 623 g/mol. The largest absolute Gasteiger partial charge is 1.00 e. The molecule has 9 nitrogen and oxygen atoms in total. The van der Waals surface area contributed by atoms with Gasteiger partial charge in [-0.25, -0.2) is 0 Å². The molecule has 0 N–H and O–H groups in total. The number of ketones is 1. The number of Topliss-reactive ketones (excluding diaryl/α,β-unsaturated/α-hetero) is 1. The van der Waals surface area contributed by atoms with Crippen molar-refractivity contribution in [3.8, 4) is 28.0 Å². The summed E-state index contributed by atoms with van der Waals surface area (Å²) in [5.74, 6) is -0.681. The molecule has 5 aromatic rings. The first-order valence-corrected chi connectivity index (χ1v) is 15.4. The summed E-state index contributed by atoms with van der Waals surface area (Å²) in [6.45, 7) is 0.929. The first-order chi connectivity index (χ1) is 21.8. The van der Waals surface area contributed by atoms with E-state index in [2.05, 4.69) is 15.9 Å². The number of carboxylic acid groups (broad SMARTS) is 1. The third-order valence-corrected chi connectivity index (χ3v) is 9.52. The Kier molecular flexibility index (Phi) is 7.66. The van der Waals surface area contributed by atoms with Gasteiger partial charge in [-0.2, -0.15) is 5.10 Å². The Labute approximate surface area is 288 Å². The summed E-state index contributed by atoms with van der Waals surface area (Å²) in [4.78, 5) is 40.9. The van der Waals surface area contributed by atoms with Gasteiger partial charge in [0, 0.05) is 73.4 Å². The molecule has 2 fully saturated rings. The first kappa shape index (κ1) is 30.5. The van der Waals surface area contributed by atoms with E-state index in [4.69, 9.17) is 4.74 Å². The van der Waals surface area contributed by atoms with Gasteiger partial charge in [0.15, 0.2) is 5.78 Å². The summed E-state index contributed by atoms with van der Waals surface area (Å²) in [6.07, 6.45) is 9.32. The summed E-state index contributed by atoms with van der Waals surface area (Å²) >= 11 is 0.